The van der Waals surface area contributed by atoms with Gasteiger partial charge in [-0.05, 0) is 55.3 Å². The van der Waals surface area contributed by atoms with E-state index >= 15 is 0 Å². The summed E-state index contributed by atoms with van der Waals surface area (Å²) in [6, 6.07) is 43.7. The molecule has 5 aromatic rings. The molecule has 196 valence electrons. The predicted octanol–water partition coefficient (Wildman–Crippen LogP) is 4.53. The third-order valence-corrected chi connectivity index (χ3v) is 13.7. The monoisotopic (exact) mass is 528 g/mol. The van der Waals surface area contributed by atoms with Crippen LogP contribution in [0.4, 0.5) is 0 Å². The molecular formula is C36H40N2Si+2. The fraction of sp³-hybridized carbons (Fsp3) is 0.222. The van der Waals surface area contributed by atoms with Gasteiger partial charge < -0.3 is 0 Å². The SMILES string of the molecule is Cc1ccccc1C(C)(C)c1cccc(C[Si](c2ccccc2)(c2ccccc2C)c2cccc[n+]2C)[n+]1C. The Bertz CT molecular complexity index is 1560. The van der Waals surface area contributed by atoms with E-state index < -0.39 is 8.07 Å². The molecule has 1 atom stereocenters. The summed E-state index contributed by atoms with van der Waals surface area (Å²) >= 11 is 0. The number of hydrogen-bond donors (Lipinski definition) is 0. The van der Waals surface area contributed by atoms with Gasteiger partial charge in [0, 0.05) is 30.3 Å². The molecular weight excluding hydrogens is 488 g/mol. The van der Waals surface area contributed by atoms with Crippen molar-refractivity contribution in [3.05, 3.63) is 150 Å². The lowest BCUT2D eigenvalue weighted by atomic mass is 9.78. The zero-order valence-electron chi connectivity index (χ0n) is 24.1. The number of benzene rings is 3. The molecule has 3 aromatic carbocycles. The minimum atomic E-state index is -2.52. The van der Waals surface area contributed by atoms with Gasteiger partial charge in [0.2, 0.25) is 8.07 Å². The summed E-state index contributed by atoms with van der Waals surface area (Å²) < 4.78 is 4.82. The van der Waals surface area contributed by atoms with Crippen molar-refractivity contribution in [3.8, 4) is 0 Å². The number of nitrogens with zero attached hydrogens (tertiary/aromatic N) is 2. The first kappa shape index (κ1) is 26.8. The summed E-state index contributed by atoms with van der Waals surface area (Å²) in [4.78, 5) is 0. The quantitative estimate of drug-likeness (QED) is 0.217. The van der Waals surface area contributed by atoms with Crippen LogP contribution >= 0.6 is 0 Å². The first-order valence-corrected chi connectivity index (χ1v) is 16.1. The maximum absolute atomic E-state index is 2.52. The van der Waals surface area contributed by atoms with Crippen molar-refractivity contribution in [2.24, 2.45) is 14.1 Å². The van der Waals surface area contributed by atoms with Gasteiger partial charge in [0.1, 0.15) is 14.1 Å². The average Bonchev–Trinajstić information content (AvgIpc) is 2.94. The number of aryl methyl sites for hydroxylation is 3. The third-order valence-electron chi connectivity index (χ3n) is 8.60. The summed E-state index contributed by atoms with van der Waals surface area (Å²) in [5, 5.41) is 4.32. The highest BCUT2D eigenvalue weighted by Gasteiger charge is 2.49. The van der Waals surface area contributed by atoms with Crippen molar-refractivity contribution in [1.82, 2.24) is 0 Å². The normalized spacial score (nSPS) is 13.2. The van der Waals surface area contributed by atoms with Gasteiger partial charge in [-0.2, -0.15) is 0 Å². The molecule has 5 rings (SSSR count). The van der Waals surface area contributed by atoms with E-state index in [1.807, 2.05) is 0 Å². The largest absolute Gasteiger partial charge is 0.240 e. The second-order valence-electron chi connectivity index (χ2n) is 11.4. The Labute approximate surface area is 235 Å². The van der Waals surface area contributed by atoms with Gasteiger partial charge in [0.15, 0.2) is 22.9 Å². The lowest BCUT2D eigenvalue weighted by molar-refractivity contribution is -0.688. The molecule has 3 heteroatoms. The Balaban J connectivity index is 1.78. The van der Waals surface area contributed by atoms with Crippen molar-refractivity contribution in [2.75, 3.05) is 0 Å². The summed E-state index contributed by atoms with van der Waals surface area (Å²) in [6.45, 7) is 9.21. The lowest BCUT2D eigenvalue weighted by Gasteiger charge is -2.31. The standard InChI is InChI=1S/C36H40N2Si/c1-28-17-10-12-22-32(28)36(3,4)34-24-16-19-30(38(34)6)27-39(31-20-8-7-9-21-31,33-23-13-11-18-29(33)2)35-25-14-15-26-37(35)5/h7-26H,27H2,1-6H3/q+2. The van der Waals surface area contributed by atoms with E-state index in [0.717, 1.165) is 6.04 Å². The summed E-state index contributed by atoms with van der Waals surface area (Å²) in [6.07, 6.45) is 2.20. The molecule has 39 heavy (non-hydrogen) atoms. The highest BCUT2D eigenvalue weighted by atomic mass is 28.3. The number of aromatic nitrogens is 2. The van der Waals surface area contributed by atoms with Gasteiger partial charge in [-0.15, -0.1) is 0 Å². The first-order valence-electron chi connectivity index (χ1n) is 13.9. The van der Waals surface area contributed by atoms with Crippen LogP contribution in [-0.4, -0.2) is 8.07 Å². The van der Waals surface area contributed by atoms with Crippen molar-refractivity contribution in [3.63, 3.8) is 0 Å². The number of pyridine rings is 2. The van der Waals surface area contributed by atoms with Gasteiger partial charge in [-0.3, -0.25) is 0 Å². The molecule has 0 aliphatic heterocycles. The zero-order valence-corrected chi connectivity index (χ0v) is 25.1. The maximum Gasteiger partial charge on any atom is 0.240 e. The van der Waals surface area contributed by atoms with E-state index in [1.54, 1.807) is 0 Å². The van der Waals surface area contributed by atoms with Gasteiger partial charge >= 0.3 is 0 Å². The Kier molecular flexibility index (Phi) is 7.37. The number of hydrogen-bond acceptors (Lipinski definition) is 0. The topological polar surface area (TPSA) is 7.76 Å². The maximum atomic E-state index is 2.47. The molecule has 1 unspecified atom stereocenters. The molecule has 0 fully saturated rings. The van der Waals surface area contributed by atoms with E-state index in [9.17, 15) is 0 Å². The molecule has 2 heterocycles. The van der Waals surface area contributed by atoms with Crippen LogP contribution in [-0.2, 0) is 25.6 Å². The lowest BCUT2D eigenvalue weighted by Crippen LogP contribution is -2.77. The Morgan fingerprint density at radius 3 is 1.97 bits per heavy atom. The fourth-order valence-corrected chi connectivity index (χ4v) is 11.9. The molecule has 2 nitrogen and oxygen atoms in total. The Morgan fingerprint density at radius 1 is 0.641 bits per heavy atom. The second-order valence-corrected chi connectivity index (χ2v) is 15.2. The van der Waals surface area contributed by atoms with Gasteiger partial charge in [0.25, 0.3) is 0 Å². The van der Waals surface area contributed by atoms with Crippen molar-refractivity contribution >= 4 is 23.8 Å². The van der Waals surface area contributed by atoms with Crippen molar-refractivity contribution in [2.45, 2.75) is 39.2 Å². The van der Waals surface area contributed by atoms with Gasteiger partial charge in [-0.25, -0.2) is 9.13 Å². The van der Waals surface area contributed by atoms with E-state index in [-0.39, 0.29) is 5.41 Å². The average molecular weight is 529 g/mol. The minimum absolute atomic E-state index is 0.132. The highest BCUT2D eigenvalue weighted by molar-refractivity contribution is 7.10. The van der Waals surface area contributed by atoms with E-state index in [2.05, 4.69) is 172 Å². The van der Waals surface area contributed by atoms with E-state index in [4.69, 9.17) is 0 Å². The predicted molar refractivity (Wildman–Crippen MR) is 165 cm³/mol. The molecule has 0 spiro atoms. The van der Waals surface area contributed by atoms with Crippen LogP contribution < -0.4 is 24.8 Å². The molecule has 0 radical (unpaired) electrons. The first-order chi connectivity index (χ1) is 18.8. The smallest absolute Gasteiger partial charge is 0.209 e. The molecule has 0 saturated heterocycles. The second kappa shape index (κ2) is 10.7. The Morgan fingerprint density at radius 2 is 1.28 bits per heavy atom. The minimum Gasteiger partial charge on any atom is -0.209 e. The summed E-state index contributed by atoms with van der Waals surface area (Å²) in [5.74, 6) is 0. The molecule has 2 aromatic heterocycles. The molecule has 0 amide bonds. The highest BCUT2D eigenvalue weighted by Crippen LogP contribution is 2.31. The molecule has 0 bridgehead atoms. The van der Waals surface area contributed by atoms with Crippen LogP contribution in [0.1, 0.15) is 41.9 Å². The van der Waals surface area contributed by atoms with Crippen LogP contribution in [0.15, 0.2) is 121 Å². The number of rotatable bonds is 7. The summed E-state index contributed by atoms with van der Waals surface area (Å²) in [7, 11) is 1.95. The van der Waals surface area contributed by atoms with Crippen molar-refractivity contribution in [1.29, 1.82) is 0 Å². The van der Waals surface area contributed by atoms with E-state index in [0.29, 0.717) is 0 Å². The third kappa shape index (κ3) is 4.76. The molecule has 0 N–H and O–H groups in total. The summed E-state index contributed by atoms with van der Waals surface area (Å²) in [5.41, 5.74) is 6.61. The van der Waals surface area contributed by atoms with Gasteiger partial charge in [0.05, 0.1) is 5.41 Å². The fourth-order valence-electron chi connectivity index (χ4n) is 6.59. The van der Waals surface area contributed by atoms with Crippen LogP contribution in [0.5, 0.6) is 0 Å². The van der Waals surface area contributed by atoms with E-state index in [1.165, 1.54) is 43.8 Å². The molecule has 0 aliphatic carbocycles. The van der Waals surface area contributed by atoms with Gasteiger partial charge in [-0.1, -0.05) is 90.5 Å². The zero-order chi connectivity index (χ0) is 27.6. The molecule has 0 aliphatic rings. The van der Waals surface area contributed by atoms with Crippen LogP contribution in [0.25, 0.3) is 0 Å². The van der Waals surface area contributed by atoms with Crippen molar-refractivity contribution < 1.29 is 9.13 Å². The van der Waals surface area contributed by atoms with Crippen LogP contribution in [0, 0.1) is 13.8 Å². The molecule has 0 saturated carbocycles. The van der Waals surface area contributed by atoms with Crippen LogP contribution in [0.3, 0.4) is 0 Å². The van der Waals surface area contributed by atoms with Crippen LogP contribution in [0.2, 0.25) is 0 Å². The Hall–Kier alpha value is -3.82.